The van der Waals surface area contributed by atoms with Gasteiger partial charge >= 0.3 is 0 Å². The van der Waals surface area contributed by atoms with Crippen molar-refractivity contribution < 1.29 is 14.4 Å². The molecule has 51 heavy (non-hydrogen) atoms. The van der Waals surface area contributed by atoms with E-state index in [9.17, 15) is 14.4 Å². The lowest BCUT2D eigenvalue weighted by molar-refractivity contribution is -0.130. The molecule has 0 spiro atoms. The number of aromatic amines is 1. The van der Waals surface area contributed by atoms with E-state index in [2.05, 4.69) is 41.5 Å². The number of amides is 3. The fraction of sp³-hybridized carbons (Fsp3) is 0.421. The molecule has 6 N–H and O–H groups in total. The molecule has 1 aliphatic carbocycles. The Labute approximate surface area is 305 Å². The highest BCUT2D eigenvalue weighted by Crippen LogP contribution is 2.29. The van der Waals surface area contributed by atoms with Gasteiger partial charge in [0.05, 0.1) is 0 Å². The second-order valence-corrected chi connectivity index (χ2v) is 13.5. The van der Waals surface area contributed by atoms with E-state index in [1.165, 1.54) is 19.3 Å². The summed E-state index contributed by atoms with van der Waals surface area (Å²) in [6.45, 7) is 4.36. The molecular formula is C38H48ClN9O3. The number of piperidine rings is 1. The number of rotatable bonds is 13. The topological polar surface area (TPSA) is 171 Å². The first-order valence-corrected chi connectivity index (χ1v) is 17.8. The minimum Gasteiger partial charge on any atom is -0.351 e. The van der Waals surface area contributed by atoms with Crippen molar-refractivity contribution >= 4 is 35.8 Å². The molecule has 1 aromatic heterocycles. The number of anilines is 1. The third kappa shape index (κ3) is 10.4. The van der Waals surface area contributed by atoms with Gasteiger partial charge in [0.2, 0.25) is 11.8 Å². The van der Waals surface area contributed by atoms with Crippen LogP contribution in [-0.4, -0.2) is 82.0 Å². The van der Waals surface area contributed by atoms with E-state index in [1.807, 2.05) is 60.7 Å². The maximum Gasteiger partial charge on any atom is 0.251 e. The molecular weight excluding hydrogens is 666 g/mol. The molecule has 12 nitrogen and oxygen atoms in total. The Hall–Kier alpha value is -4.65. The van der Waals surface area contributed by atoms with Gasteiger partial charge in [0.1, 0.15) is 6.04 Å². The summed E-state index contributed by atoms with van der Waals surface area (Å²) in [5, 5.41) is 23.0. The van der Waals surface area contributed by atoms with Gasteiger partial charge < -0.3 is 26.6 Å². The molecule has 1 aliphatic heterocycles. The molecule has 270 valence electrons. The summed E-state index contributed by atoms with van der Waals surface area (Å²) in [7, 11) is 0. The Kier molecular flexibility index (Phi) is 13.7. The molecule has 2 aliphatic rings. The molecule has 6 rings (SSSR count). The van der Waals surface area contributed by atoms with Crippen molar-refractivity contribution in [3.05, 3.63) is 83.9 Å². The number of carbonyl (C=O) groups excluding carboxylic acids is 3. The Balaban J connectivity index is 0.00000504. The number of aromatic nitrogens is 4. The van der Waals surface area contributed by atoms with Gasteiger partial charge in [-0.1, -0.05) is 42.8 Å². The lowest BCUT2D eigenvalue weighted by atomic mass is 9.81. The molecule has 13 heteroatoms. The molecule has 3 aromatic carbocycles. The highest BCUT2D eigenvalue weighted by atomic mass is 35.5. The molecule has 3 amide bonds. The number of halogens is 1. The number of hydrogen-bond donors (Lipinski definition) is 5. The van der Waals surface area contributed by atoms with Crippen LogP contribution in [0.2, 0.25) is 0 Å². The molecule has 2 heterocycles. The lowest BCUT2D eigenvalue weighted by Gasteiger charge is -2.28. The average molecular weight is 714 g/mol. The van der Waals surface area contributed by atoms with Gasteiger partial charge in [-0.05, 0) is 128 Å². The highest BCUT2D eigenvalue weighted by molar-refractivity contribution is 5.98. The molecule has 1 saturated heterocycles. The normalized spacial score (nSPS) is 18.2. The zero-order valence-electron chi connectivity index (χ0n) is 28.9. The lowest BCUT2D eigenvalue weighted by Crippen LogP contribution is -2.48. The number of benzene rings is 3. The number of tetrazole rings is 1. The van der Waals surface area contributed by atoms with Crippen LogP contribution in [0.4, 0.5) is 5.69 Å². The van der Waals surface area contributed by atoms with E-state index in [4.69, 9.17) is 5.73 Å². The van der Waals surface area contributed by atoms with Gasteiger partial charge in [-0.2, -0.15) is 0 Å². The predicted molar refractivity (Wildman–Crippen MR) is 200 cm³/mol. The van der Waals surface area contributed by atoms with Crippen LogP contribution in [-0.2, 0) is 16.0 Å². The summed E-state index contributed by atoms with van der Waals surface area (Å²) < 4.78 is 0. The van der Waals surface area contributed by atoms with Crippen LogP contribution < -0.4 is 21.7 Å². The Morgan fingerprint density at radius 1 is 0.882 bits per heavy atom. The van der Waals surface area contributed by atoms with E-state index >= 15 is 0 Å². The van der Waals surface area contributed by atoms with Crippen molar-refractivity contribution in [2.45, 2.75) is 57.4 Å². The number of H-pyrrole nitrogens is 1. The van der Waals surface area contributed by atoms with Crippen LogP contribution in [0.1, 0.15) is 60.9 Å². The van der Waals surface area contributed by atoms with Crippen LogP contribution in [0.25, 0.3) is 22.5 Å². The first-order valence-electron chi connectivity index (χ1n) is 17.8. The van der Waals surface area contributed by atoms with Crippen molar-refractivity contribution in [2.24, 2.45) is 17.6 Å². The van der Waals surface area contributed by atoms with Crippen molar-refractivity contribution in [3.8, 4) is 22.5 Å². The van der Waals surface area contributed by atoms with Gasteiger partial charge in [0, 0.05) is 42.2 Å². The van der Waals surface area contributed by atoms with Crippen molar-refractivity contribution in [1.82, 2.24) is 36.2 Å². The largest absolute Gasteiger partial charge is 0.351 e. The van der Waals surface area contributed by atoms with Crippen molar-refractivity contribution in [3.63, 3.8) is 0 Å². The number of nitrogens with two attached hydrogens (primary N) is 1. The van der Waals surface area contributed by atoms with Gasteiger partial charge in [-0.3, -0.25) is 14.4 Å². The molecule has 4 aromatic rings. The Morgan fingerprint density at radius 2 is 1.61 bits per heavy atom. The summed E-state index contributed by atoms with van der Waals surface area (Å²) in [5.74, 6) is 0.351. The summed E-state index contributed by atoms with van der Waals surface area (Å²) in [4.78, 5) is 42.4. The average Bonchev–Trinajstić information content (AvgIpc) is 3.71. The second kappa shape index (κ2) is 18.5. The fourth-order valence-corrected chi connectivity index (χ4v) is 6.92. The van der Waals surface area contributed by atoms with E-state index in [1.54, 1.807) is 12.1 Å². The monoisotopic (exact) mass is 713 g/mol. The van der Waals surface area contributed by atoms with Crippen molar-refractivity contribution in [2.75, 3.05) is 38.0 Å². The molecule has 1 saturated carbocycles. The van der Waals surface area contributed by atoms with E-state index in [-0.39, 0.29) is 36.0 Å². The van der Waals surface area contributed by atoms with Crippen LogP contribution in [0, 0.1) is 11.8 Å². The maximum atomic E-state index is 13.7. The Morgan fingerprint density at radius 3 is 2.29 bits per heavy atom. The maximum absolute atomic E-state index is 13.7. The number of hydrogen-bond acceptors (Lipinski definition) is 8. The SMILES string of the molecule is Cl.NCC1CCC(C(=O)N[C@@H](Cc2cccc(-c3ccc(C(=O)NCCN4CCCCC4)cc3)c2)C(=O)Nc2ccc(-c3nnn[nH]3)cc2)CC1. The quantitative estimate of drug-likeness (QED) is 0.134. The minimum absolute atomic E-state index is 0. The number of likely N-dealkylation sites (tertiary alicyclic amines) is 1. The summed E-state index contributed by atoms with van der Waals surface area (Å²) in [6, 6.07) is 21.9. The highest BCUT2D eigenvalue weighted by Gasteiger charge is 2.29. The van der Waals surface area contributed by atoms with E-state index < -0.39 is 6.04 Å². The van der Waals surface area contributed by atoms with Gasteiger partial charge in [-0.15, -0.1) is 17.5 Å². The second-order valence-electron chi connectivity index (χ2n) is 13.5. The van der Waals surface area contributed by atoms with Crippen molar-refractivity contribution in [1.29, 1.82) is 0 Å². The molecule has 0 radical (unpaired) electrons. The fourth-order valence-electron chi connectivity index (χ4n) is 6.92. The Bertz CT molecular complexity index is 1700. The number of nitrogens with zero attached hydrogens (tertiary/aromatic N) is 4. The molecule has 2 fully saturated rings. The zero-order valence-corrected chi connectivity index (χ0v) is 29.7. The smallest absolute Gasteiger partial charge is 0.251 e. The number of nitrogens with one attached hydrogen (secondary N) is 4. The van der Waals surface area contributed by atoms with E-state index in [0.29, 0.717) is 42.5 Å². The van der Waals surface area contributed by atoms with Crippen LogP contribution in [0.15, 0.2) is 72.8 Å². The van der Waals surface area contributed by atoms with Gasteiger partial charge in [0.25, 0.3) is 5.91 Å². The minimum atomic E-state index is -0.792. The van der Waals surface area contributed by atoms with Crippen LogP contribution in [0.3, 0.4) is 0 Å². The number of carbonyl (C=O) groups is 3. The van der Waals surface area contributed by atoms with Gasteiger partial charge in [0.15, 0.2) is 5.82 Å². The molecule has 0 unspecified atom stereocenters. The van der Waals surface area contributed by atoms with Crippen LogP contribution in [0.5, 0.6) is 0 Å². The van der Waals surface area contributed by atoms with E-state index in [0.717, 1.165) is 67.6 Å². The third-order valence-electron chi connectivity index (χ3n) is 9.96. The first kappa shape index (κ1) is 37.6. The third-order valence-corrected chi connectivity index (χ3v) is 9.96. The summed E-state index contributed by atoms with van der Waals surface area (Å²) in [6.07, 6.45) is 7.43. The summed E-state index contributed by atoms with van der Waals surface area (Å²) in [5.41, 5.74) is 10.7. The summed E-state index contributed by atoms with van der Waals surface area (Å²) >= 11 is 0. The first-order chi connectivity index (χ1) is 24.4. The predicted octanol–water partition coefficient (Wildman–Crippen LogP) is 4.60. The molecule has 0 bridgehead atoms. The van der Waals surface area contributed by atoms with Crippen LogP contribution >= 0.6 is 12.4 Å². The van der Waals surface area contributed by atoms with Gasteiger partial charge in [-0.25, -0.2) is 5.10 Å². The molecule has 1 atom stereocenters. The zero-order chi connectivity index (χ0) is 34.7. The standard InChI is InChI=1S/C38H47N9O3.ClH/c39-25-26-7-9-31(10-8-26)37(49)42-34(38(50)41-33-17-15-29(16-18-33)35-43-45-46-44-35)24-27-5-4-6-32(23-27)28-11-13-30(14-12-28)36(48)40-19-22-47-20-2-1-3-21-47;/h4-6,11-18,23,26,31,34H,1-3,7-10,19-22,24-25,39H2,(H,40,48)(H,41,50)(H,42,49)(H,43,44,45,46);1H/t26?,31?,34-;/m0./s1.